The second-order valence-corrected chi connectivity index (χ2v) is 5.66. The number of hydrogen-bond acceptors (Lipinski definition) is 5. The molecule has 0 aliphatic heterocycles. The number of hydrogen-bond donors (Lipinski definition) is 3. The van der Waals surface area contributed by atoms with Crippen LogP contribution in [0.4, 0.5) is 11.5 Å². The lowest BCUT2D eigenvalue weighted by molar-refractivity contribution is 1.06. The molecule has 0 amide bonds. The van der Waals surface area contributed by atoms with Crippen molar-refractivity contribution in [3.8, 4) is 11.1 Å². The normalized spacial score (nSPS) is 10.7. The molecular formula is C19H18N6. The molecule has 0 aliphatic carbocycles. The Hall–Kier alpha value is -3.41. The van der Waals surface area contributed by atoms with Crippen LogP contribution in [0.15, 0.2) is 67.3 Å². The summed E-state index contributed by atoms with van der Waals surface area (Å²) < 4.78 is 0. The minimum absolute atomic E-state index is 0.761. The first-order chi connectivity index (χ1) is 12.4. The van der Waals surface area contributed by atoms with Gasteiger partial charge in [0.15, 0.2) is 0 Å². The average molecular weight is 330 g/mol. The van der Waals surface area contributed by atoms with Gasteiger partial charge in [-0.25, -0.2) is 9.97 Å². The van der Waals surface area contributed by atoms with E-state index in [4.69, 9.17) is 0 Å². The van der Waals surface area contributed by atoms with Crippen molar-refractivity contribution in [1.82, 2.24) is 20.2 Å². The summed E-state index contributed by atoms with van der Waals surface area (Å²) in [5.74, 6) is 0.838. The lowest BCUT2D eigenvalue weighted by Crippen LogP contribution is -2.14. The van der Waals surface area contributed by atoms with Gasteiger partial charge < -0.3 is 10.6 Å². The number of benzene rings is 2. The minimum Gasteiger partial charge on any atom is -0.383 e. The van der Waals surface area contributed by atoms with Crippen molar-refractivity contribution in [3.63, 3.8) is 0 Å². The van der Waals surface area contributed by atoms with Crippen molar-refractivity contribution < 1.29 is 0 Å². The van der Waals surface area contributed by atoms with E-state index in [2.05, 4.69) is 49.0 Å². The molecular weight excluding hydrogens is 312 g/mol. The Bertz CT molecular complexity index is 950. The maximum atomic E-state index is 4.40. The fraction of sp³-hybridized carbons (Fsp3) is 0.105. The van der Waals surface area contributed by atoms with Gasteiger partial charge in [0.2, 0.25) is 0 Å². The van der Waals surface area contributed by atoms with Crippen molar-refractivity contribution >= 4 is 22.4 Å². The maximum absolute atomic E-state index is 4.40. The Morgan fingerprint density at radius 2 is 1.76 bits per heavy atom. The molecule has 3 N–H and O–H groups in total. The van der Waals surface area contributed by atoms with Gasteiger partial charge in [-0.3, -0.25) is 5.10 Å². The third-order valence-corrected chi connectivity index (χ3v) is 3.99. The van der Waals surface area contributed by atoms with Crippen molar-refractivity contribution in [2.45, 2.75) is 0 Å². The molecule has 0 radical (unpaired) electrons. The summed E-state index contributed by atoms with van der Waals surface area (Å²) in [4.78, 5) is 8.75. The van der Waals surface area contributed by atoms with Gasteiger partial charge in [-0.2, -0.15) is 5.10 Å². The fourth-order valence-electron chi connectivity index (χ4n) is 2.73. The molecule has 2 aromatic heterocycles. The molecule has 4 aromatic rings. The second kappa shape index (κ2) is 7.00. The predicted octanol–water partition coefficient (Wildman–Crippen LogP) is 3.54. The maximum Gasteiger partial charge on any atom is 0.137 e. The van der Waals surface area contributed by atoms with Crippen LogP contribution in [0.2, 0.25) is 0 Å². The highest BCUT2D eigenvalue weighted by atomic mass is 15.1. The van der Waals surface area contributed by atoms with E-state index < -0.39 is 0 Å². The molecule has 0 bridgehead atoms. The van der Waals surface area contributed by atoms with Crippen molar-refractivity contribution in [1.29, 1.82) is 0 Å². The zero-order valence-electron chi connectivity index (χ0n) is 13.6. The zero-order chi connectivity index (χ0) is 16.9. The summed E-state index contributed by atoms with van der Waals surface area (Å²) in [5, 5.41) is 14.6. The number of fused-ring (bicyclic) bond motifs is 1. The molecule has 2 aromatic carbocycles. The van der Waals surface area contributed by atoms with Gasteiger partial charge in [0, 0.05) is 35.9 Å². The second-order valence-electron chi connectivity index (χ2n) is 5.66. The van der Waals surface area contributed by atoms with Crippen LogP contribution in [-0.2, 0) is 0 Å². The number of aromatic nitrogens is 4. The summed E-state index contributed by atoms with van der Waals surface area (Å²) in [5.41, 5.74) is 4.16. The number of rotatable bonds is 6. The topological polar surface area (TPSA) is 78.5 Å². The standard InChI is InChI=1S/C19H18N6/c1-2-4-16(5-3-1)20-8-9-21-19-17-10-14(15-11-24-25-12-15)6-7-18(17)22-13-23-19/h1-7,10-13,20H,8-9H2,(H,24,25)(H,21,22,23). The van der Waals surface area contributed by atoms with Gasteiger partial charge in [0.1, 0.15) is 12.1 Å². The van der Waals surface area contributed by atoms with Crippen LogP contribution in [-0.4, -0.2) is 33.3 Å². The van der Waals surface area contributed by atoms with Crippen LogP contribution < -0.4 is 10.6 Å². The van der Waals surface area contributed by atoms with E-state index in [1.54, 1.807) is 6.33 Å². The molecule has 0 saturated carbocycles. The van der Waals surface area contributed by atoms with Crippen LogP contribution in [0.1, 0.15) is 0 Å². The van der Waals surface area contributed by atoms with Crippen LogP contribution in [0, 0.1) is 0 Å². The molecule has 2 heterocycles. The molecule has 0 fully saturated rings. The van der Waals surface area contributed by atoms with Crippen molar-refractivity contribution in [2.75, 3.05) is 23.7 Å². The van der Waals surface area contributed by atoms with E-state index >= 15 is 0 Å². The predicted molar refractivity (Wildman–Crippen MR) is 101 cm³/mol. The monoisotopic (exact) mass is 330 g/mol. The highest BCUT2D eigenvalue weighted by molar-refractivity contribution is 5.92. The largest absolute Gasteiger partial charge is 0.383 e. The van der Waals surface area contributed by atoms with E-state index in [1.165, 1.54) is 0 Å². The summed E-state index contributed by atoms with van der Waals surface area (Å²) in [7, 11) is 0. The average Bonchev–Trinajstić information content (AvgIpc) is 3.20. The van der Waals surface area contributed by atoms with E-state index in [0.717, 1.165) is 46.6 Å². The Morgan fingerprint density at radius 1 is 0.880 bits per heavy atom. The van der Waals surface area contributed by atoms with Crippen LogP contribution in [0.5, 0.6) is 0 Å². The smallest absolute Gasteiger partial charge is 0.137 e. The first kappa shape index (κ1) is 15.1. The molecule has 25 heavy (non-hydrogen) atoms. The highest BCUT2D eigenvalue weighted by Gasteiger charge is 2.06. The summed E-state index contributed by atoms with van der Waals surface area (Å²) >= 11 is 0. The van der Waals surface area contributed by atoms with E-state index in [0.29, 0.717) is 0 Å². The first-order valence-corrected chi connectivity index (χ1v) is 8.17. The SMILES string of the molecule is c1ccc(NCCNc2ncnc3ccc(-c4cn[nH]c4)cc23)cc1. The van der Waals surface area contributed by atoms with Crippen molar-refractivity contribution in [3.05, 3.63) is 67.3 Å². The first-order valence-electron chi connectivity index (χ1n) is 8.17. The molecule has 0 saturated heterocycles. The molecule has 0 atom stereocenters. The van der Waals surface area contributed by atoms with Gasteiger partial charge in [-0.1, -0.05) is 24.3 Å². The van der Waals surface area contributed by atoms with E-state index in [1.807, 2.05) is 42.7 Å². The molecule has 0 unspecified atom stereocenters. The lowest BCUT2D eigenvalue weighted by Gasteiger charge is -2.10. The number of nitrogens with zero attached hydrogens (tertiary/aromatic N) is 3. The van der Waals surface area contributed by atoms with Crippen molar-refractivity contribution in [2.24, 2.45) is 0 Å². The van der Waals surface area contributed by atoms with E-state index in [9.17, 15) is 0 Å². The molecule has 6 heteroatoms. The van der Waals surface area contributed by atoms with Gasteiger partial charge in [0.25, 0.3) is 0 Å². The van der Waals surface area contributed by atoms with Crippen LogP contribution >= 0.6 is 0 Å². The molecule has 124 valence electrons. The van der Waals surface area contributed by atoms with Gasteiger partial charge in [-0.15, -0.1) is 0 Å². The number of aromatic amines is 1. The van der Waals surface area contributed by atoms with Gasteiger partial charge in [-0.05, 0) is 29.8 Å². The number of para-hydroxylation sites is 1. The number of H-pyrrole nitrogens is 1. The van der Waals surface area contributed by atoms with Gasteiger partial charge >= 0.3 is 0 Å². The lowest BCUT2D eigenvalue weighted by atomic mass is 10.1. The van der Waals surface area contributed by atoms with Crippen LogP contribution in [0.3, 0.4) is 0 Å². The third kappa shape index (κ3) is 3.42. The molecule has 0 spiro atoms. The summed E-state index contributed by atoms with van der Waals surface area (Å²) in [6.07, 6.45) is 5.27. The quantitative estimate of drug-likeness (QED) is 0.471. The highest BCUT2D eigenvalue weighted by Crippen LogP contribution is 2.26. The Morgan fingerprint density at radius 3 is 2.60 bits per heavy atom. The number of anilines is 2. The molecule has 4 rings (SSSR count). The van der Waals surface area contributed by atoms with Crippen LogP contribution in [0.25, 0.3) is 22.0 Å². The third-order valence-electron chi connectivity index (χ3n) is 3.99. The molecule has 0 aliphatic rings. The minimum atomic E-state index is 0.761. The fourth-order valence-corrected chi connectivity index (χ4v) is 2.73. The Balaban J connectivity index is 1.50. The zero-order valence-corrected chi connectivity index (χ0v) is 13.6. The Kier molecular flexibility index (Phi) is 4.24. The summed E-state index contributed by atoms with van der Waals surface area (Å²) in [6.45, 7) is 1.56. The van der Waals surface area contributed by atoms with Gasteiger partial charge in [0.05, 0.1) is 11.7 Å². The molecule has 6 nitrogen and oxygen atoms in total. The summed E-state index contributed by atoms with van der Waals surface area (Å²) in [6, 6.07) is 16.3. The van der Waals surface area contributed by atoms with E-state index in [-0.39, 0.29) is 0 Å². The Labute approximate surface area is 145 Å². The number of nitrogens with one attached hydrogen (secondary N) is 3.